The molecule has 4 heterocycles. The number of hydrogen-bond donors (Lipinski definition) is 2. The highest BCUT2D eigenvalue weighted by molar-refractivity contribution is 6.15. The molecule has 246 valence electrons. The van der Waals surface area contributed by atoms with Gasteiger partial charge >= 0.3 is 12.2 Å². The molecule has 1 amide bonds. The highest BCUT2D eigenvalue weighted by atomic mass is 19.4. The first-order chi connectivity index (χ1) is 22.3. The Morgan fingerprint density at radius 3 is 2.66 bits per heavy atom. The Labute approximate surface area is 265 Å². The molecule has 2 aliphatic heterocycles. The number of fused-ring (bicyclic) bond motifs is 3. The lowest BCUT2D eigenvalue weighted by atomic mass is 9.94. The highest BCUT2D eigenvalue weighted by Crippen LogP contribution is 2.43. The Kier molecular flexibility index (Phi) is 8.35. The Morgan fingerprint density at radius 2 is 1.98 bits per heavy atom. The lowest BCUT2D eigenvalue weighted by Crippen LogP contribution is -2.55. The van der Waals surface area contributed by atoms with Crippen molar-refractivity contribution in [2.75, 3.05) is 50.5 Å². The molecule has 0 spiro atoms. The number of aromatic nitrogens is 4. The zero-order valence-electron chi connectivity index (χ0n) is 25.2. The van der Waals surface area contributed by atoms with Gasteiger partial charge in [0.2, 0.25) is 0 Å². The average Bonchev–Trinajstić information content (AvgIpc) is 3.64. The van der Waals surface area contributed by atoms with E-state index in [9.17, 15) is 32.0 Å². The van der Waals surface area contributed by atoms with Gasteiger partial charge in [-0.25, -0.2) is 8.78 Å². The monoisotopic (exact) mass is 655 g/mol. The van der Waals surface area contributed by atoms with Crippen molar-refractivity contribution in [1.29, 1.82) is 5.26 Å². The number of ether oxygens (including phenoxy) is 1. The van der Waals surface area contributed by atoms with Crippen LogP contribution in [-0.4, -0.2) is 94.0 Å². The van der Waals surface area contributed by atoms with Gasteiger partial charge < -0.3 is 20.3 Å². The van der Waals surface area contributed by atoms with E-state index in [4.69, 9.17) is 10.5 Å². The molecular formula is C31H30F5N9O2. The number of piperazine rings is 1. The van der Waals surface area contributed by atoms with Gasteiger partial charge in [0.1, 0.15) is 18.6 Å². The predicted molar refractivity (Wildman–Crippen MR) is 164 cm³/mol. The molecule has 0 aliphatic carbocycles. The fraction of sp³-hybridized carbons (Fsp3) is 0.387. The van der Waals surface area contributed by atoms with Gasteiger partial charge in [-0.2, -0.15) is 33.5 Å². The van der Waals surface area contributed by atoms with E-state index in [1.54, 1.807) is 11.9 Å². The second-order valence-electron chi connectivity index (χ2n) is 11.7. The second-order valence-corrected chi connectivity index (χ2v) is 11.7. The molecule has 0 unspecified atom stereocenters. The molecule has 3 N–H and O–H groups in total. The van der Waals surface area contributed by atoms with Gasteiger partial charge in [0.05, 0.1) is 46.7 Å². The first kappa shape index (κ1) is 31.9. The first-order valence-corrected chi connectivity index (χ1v) is 14.7. The van der Waals surface area contributed by atoms with Crippen molar-refractivity contribution in [3.05, 3.63) is 48.4 Å². The number of nitrogens with one attached hydrogen (secondary N) is 1. The van der Waals surface area contributed by atoms with Crippen molar-refractivity contribution < 1.29 is 31.5 Å². The van der Waals surface area contributed by atoms with Crippen molar-refractivity contribution >= 4 is 39.2 Å². The van der Waals surface area contributed by atoms with Gasteiger partial charge in [-0.15, -0.1) is 0 Å². The SMILES string of the molecule is C=C(F)C(=O)N1CCN(c2nc(OC[C@@H]3C[C@@H](F)CN3C)nc3cc(-c4cc(N)ccc4C(F)(F)F)c4cn[nH]c4c23)C[C@@H]1CC#N. The summed E-state index contributed by atoms with van der Waals surface area (Å²) in [7, 11) is 1.77. The number of anilines is 2. The van der Waals surface area contributed by atoms with Crippen molar-refractivity contribution in [3.8, 4) is 23.2 Å². The fourth-order valence-electron chi connectivity index (χ4n) is 6.36. The maximum atomic E-state index is 14.2. The molecule has 2 aliphatic rings. The number of carbonyl (C=O) groups is 1. The van der Waals surface area contributed by atoms with E-state index >= 15 is 0 Å². The molecule has 0 bridgehead atoms. The number of nitrogen functional groups attached to an aromatic ring is 1. The van der Waals surface area contributed by atoms with Crippen LogP contribution in [-0.2, 0) is 11.0 Å². The lowest BCUT2D eigenvalue weighted by molar-refractivity contribution is -0.137. The molecule has 2 aromatic carbocycles. The van der Waals surface area contributed by atoms with Gasteiger partial charge in [0, 0.05) is 43.3 Å². The largest absolute Gasteiger partial charge is 0.462 e. The van der Waals surface area contributed by atoms with Gasteiger partial charge in [-0.05, 0) is 48.9 Å². The molecule has 2 fully saturated rings. The Hall–Kier alpha value is -5.04. The summed E-state index contributed by atoms with van der Waals surface area (Å²) in [6, 6.07) is 5.74. The number of alkyl halides is 4. The fourth-order valence-corrected chi connectivity index (χ4v) is 6.36. The van der Waals surface area contributed by atoms with Crippen molar-refractivity contribution in [2.24, 2.45) is 0 Å². The van der Waals surface area contributed by atoms with E-state index in [0.29, 0.717) is 22.1 Å². The summed E-state index contributed by atoms with van der Waals surface area (Å²) in [5.74, 6) is -1.77. The summed E-state index contributed by atoms with van der Waals surface area (Å²) in [4.78, 5) is 26.6. The van der Waals surface area contributed by atoms with E-state index in [1.807, 2.05) is 11.0 Å². The molecule has 11 nitrogen and oxygen atoms in total. The van der Waals surface area contributed by atoms with E-state index < -0.39 is 35.7 Å². The van der Waals surface area contributed by atoms with Gasteiger partial charge in [-0.3, -0.25) is 14.8 Å². The quantitative estimate of drug-likeness (QED) is 0.166. The summed E-state index contributed by atoms with van der Waals surface area (Å²) in [5.41, 5.74) is 5.68. The summed E-state index contributed by atoms with van der Waals surface area (Å²) >= 11 is 0. The third-order valence-corrected chi connectivity index (χ3v) is 8.64. The number of likely N-dealkylation sites (N-methyl/N-ethyl adjacent to an activating group) is 1. The van der Waals surface area contributed by atoms with E-state index in [-0.39, 0.29) is 80.0 Å². The van der Waals surface area contributed by atoms with E-state index in [1.165, 1.54) is 29.3 Å². The average molecular weight is 656 g/mol. The molecule has 0 saturated carbocycles. The molecule has 0 radical (unpaired) electrons. The van der Waals surface area contributed by atoms with E-state index in [2.05, 4.69) is 26.7 Å². The number of carbonyl (C=O) groups excluding carboxylic acids is 1. The zero-order chi connectivity index (χ0) is 33.6. The van der Waals surface area contributed by atoms with Crippen LogP contribution < -0.4 is 15.4 Å². The second kappa shape index (κ2) is 12.3. The van der Waals surface area contributed by atoms with Crippen LogP contribution in [0.5, 0.6) is 6.01 Å². The smallest absolute Gasteiger partial charge is 0.417 e. The van der Waals surface area contributed by atoms with E-state index in [0.717, 1.165) is 6.07 Å². The number of amides is 1. The standard InChI is InChI=1S/C31H30F5N9O2/c1-16(32)29(46)45-8-7-44(14-19(45)5-6-37)28-26-25(40-30(41-28)47-15-20-9-17(33)13-43(20)2)11-21(23-12-39-42-27(23)26)22-10-18(38)3-4-24(22)31(34,35)36/h3-4,10-12,17,19-20H,1,5,7-9,13-15,38H2,2H3,(H,39,42)/t17-,19+,20+/m1/s1. The number of nitriles is 1. The highest BCUT2D eigenvalue weighted by Gasteiger charge is 2.36. The number of rotatable bonds is 7. The number of halogens is 5. The number of likely N-dealkylation sites (tertiary alicyclic amines) is 1. The predicted octanol–water partition coefficient (Wildman–Crippen LogP) is 4.61. The van der Waals surface area contributed by atoms with Gasteiger partial charge in [-0.1, -0.05) is 6.58 Å². The molecule has 3 atom stereocenters. The number of H-pyrrole nitrogens is 1. The number of benzene rings is 2. The molecule has 4 aromatic rings. The Balaban J connectivity index is 1.51. The minimum absolute atomic E-state index is 0.0308. The lowest BCUT2D eigenvalue weighted by Gasteiger charge is -2.41. The van der Waals surface area contributed by atoms with Crippen LogP contribution in [0.4, 0.5) is 33.5 Å². The number of nitrogens with two attached hydrogens (primary N) is 1. The van der Waals surface area contributed by atoms with Crippen LogP contribution in [0.25, 0.3) is 32.9 Å². The third kappa shape index (κ3) is 6.10. The maximum absolute atomic E-state index is 14.2. The molecule has 2 saturated heterocycles. The molecule has 47 heavy (non-hydrogen) atoms. The minimum atomic E-state index is -4.70. The summed E-state index contributed by atoms with van der Waals surface area (Å²) in [5, 5.41) is 17.2. The third-order valence-electron chi connectivity index (χ3n) is 8.64. The van der Waals surface area contributed by atoms with Crippen LogP contribution in [0.15, 0.2) is 42.9 Å². The summed E-state index contributed by atoms with van der Waals surface area (Å²) in [6.07, 6.45) is -4.18. The van der Waals surface area contributed by atoms with Gasteiger partial charge in [0.25, 0.3) is 5.91 Å². The van der Waals surface area contributed by atoms with Crippen LogP contribution in [0.3, 0.4) is 0 Å². The summed E-state index contributed by atoms with van der Waals surface area (Å²) in [6.45, 7) is 3.65. The van der Waals surface area contributed by atoms with Crippen molar-refractivity contribution in [3.63, 3.8) is 0 Å². The zero-order valence-corrected chi connectivity index (χ0v) is 25.2. The van der Waals surface area contributed by atoms with Crippen LogP contribution in [0.2, 0.25) is 0 Å². The Bertz CT molecular complexity index is 1910. The van der Waals surface area contributed by atoms with Crippen molar-refractivity contribution in [1.82, 2.24) is 30.0 Å². The number of hydrogen-bond acceptors (Lipinski definition) is 9. The first-order valence-electron chi connectivity index (χ1n) is 14.7. The van der Waals surface area contributed by atoms with Crippen molar-refractivity contribution in [2.45, 2.75) is 37.3 Å². The molecule has 16 heteroatoms. The number of nitrogens with zero attached hydrogens (tertiary/aromatic N) is 7. The summed E-state index contributed by atoms with van der Waals surface area (Å²) < 4.78 is 76.5. The Morgan fingerprint density at radius 1 is 1.19 bits per heavy atom. The van der Waals surface area contributed by atoms with Crippen LogP contribution in [0.1, 0.15) is 18.4 Å². The van der Waals surface area contributed by atoms with Crippen LogP contribution in [0, 0.1) is 11.3 Å². The molecule has 2 aromatic heterocycles. The topological polar surface area (TPSA) is 140 Å². The normalized spacial score (nSPS) is 20.6. The molecular weight excluding hydrogens is 625 g/mol. The van der Waals surface area contributed by atoms with Gasteiger partial charge in [0.15, 0.2) is 5.83 Å². The maximum Gasteiger partial charge on any atom is 0.417 e. The minimum Gasteiger partial charge on any atom is -0.462 e. The molecule has 6 rings (SSSR count). The number of aromatic amines is 1. The van der Waals surface area contributed by atoms with Crippen LogP contribution >= 0.6 is 0 Å².